The van der Waals surface area contributed by atoms with Gasteiger partial charge in [-0.2, -0.15) is 0 Å². The lowest BCUT2D eigenvalue weighted by Gasteiger charge is -2.17. The fraction of sp³-hybridized carbons (Fsp3) is 0.243. The molecule has 0 aliphatic rings. The van der Waals surface area contributed by atoms with E-state index in [1.165, 1.54) is 30.3 Å². The zero-order valence-corrected chi connectivity index (χ0v) is 29.1. The first kappa shape index (κ1) is 35.8. The molecule has 4 rings (SSSR count). The third kappa shape index (κ3) is 10.7. The molecule has 226 valence electrons. The first-order valence-corrected chi connectivity index (χ1v) is 16.4. The number of carbonyl (C=O) groups is 2. The third-order valence-electron chi connectivity index (χ3n) is 6.70. The molecule has 0 heterocycles. The number of ketones is 1. The van der Waals surface area contributed by atoms with E-state index in [1.807, 2.05) is 90.9 Å². The number of allylic oxidation sites excluding steroid dienone is 1. The molecule has 0 bridgehead atoms. The van der Waals surface area contributed by atoms with Gasteiger partial charge < -0.3 is 5.11 Å². The van der Waals surface area contributed by atoms with E-state index in [-0.39, 0.29) is 17.4 Å². The Morgan fingerprint density at radius 1 is 0.814 bits per heavy atom. The summed E-state index contributed by atoms with van der Waals surface area (Å²) in [4.78, 5) is 24.1. The highest BCUT2D eigenvalue weighted by Crippen LogP contribution is 2.37. The Bertz CT molecular complexity index is 1510. The minimum atomic E-state index is 0.0335. The van der Waals surface area contributed by atoms with Crippen LogP contribution in [0.15, 0.2) is 108 Å². The number of halogens is 1. The summed E-state index contributed by atoms with van der Waals surface area (Å²) in [6.07, 6.45) is 0.959. The molecule has 4 nitrogen and oxygen atoms in total. The largest absolute Gasteiger partial charge is 0.508 e. The summed E-state index contributed by atoms with van der Waals surface area (Å²) >= 11 is 3.77. The van der Waals surface area contributed by atoms with Crippen LogP contribution in [0.3, 0.4) is 0 Å². The number of carbonyl (C=O) groups excluding carboxylic acids is 2. The molecule has 0 aromatic heterocycles. The highest BCUT2D eigenvalue weighted by molar-refractivity contribution is 14.1. The van der Waals surface area contributed by atoms with E-state index in [1.54, 1.807) is 38.2 Å². The van der Waals surface area contributed by atoms with Crippen LogP contribution in [0.1, 0.15) is 84.0 Å². The quantitative estimate of drug-likeness (QED) is 0.0857. The van der Waals surface area contributed by atoms with Crippen LogP contribution in [0.5, 0.6) is 5.75 Å². The summed E-state index contributed by atoms with van der Waals surface area (Å²) in [5.41, 5.74) is 8.74. The molecule has 6 heteroatoms. The summed E-state index contributed by atoms with van der Waals surface area (Å²) < 4.78 is 1.53. The molecular weight excluding hydrogens is 665 g/mol. The number of hydrogen-bond donors (Lipinski definition) is 1. The fourth-order valence-corrected chi connectivity index (χ4v) is 5.64. The summed E-state index contributed by atoms with van der Waals surface area (Å²) in [5.74, 6) is 1.25. The van der Waals surface area contributed by atoms with Gasteiger partial charge in [0.2, 0.25) is 0 Å². The van der Waals surface area contributed by atoms with Crippen molar-refractivity contribution in [3.05, 3.63) is 136 Å². The monoisotopic (exact) mass is 707 g/mol. The number of phenolic OH excluding ortho intramolecular Hbond substituents is 1. The van der Waals surface area contributed by atoms with Gasteiger partial charge in [0, 0.05) is 28.8 Å². The smallest absolute Gasteiger partial charge is 0.262 e. The predicted octanol–water partition coefficient (Wildman–Crippen LogP) is 10.6. The number of Topliss-reactive ketones (excluding diaryl/α,β-unsaturated/α-hetero) is 1. The van der Waals surface area contributed by atoms with Crippen molar-refractivity contribution in [1.82, 2.24) is 3.11 Å². The van der Waals surface area contributed by atoms with Crippen molar-refractivity contribution in [2.45, 2.75) is 58.6 Å². The van der Waals surface area contributed by atoms with Gasteiger partial charge in [-0.25, -0.2) is 0 Å². The molecule has 1 amide bonds. The minimum absolute atomic E-state index is 0.0335. The van der Waals surface area contributed by atoms with Gasteiger partial charge in [0.15, 0.2) is 5.78 Å². The molecule has 0 unspecified atom stereocenters. The average Bonchev–Trinajstić information content (AvgIpc) is 3.03. The van der Waals surface area contributed by atoms with Crippen molar-refractivity contribution in [1.29, 1.82) is 0 Å². The van der Waals surface area contributed by atoms with Crippen LogP contribution in [0.25, 0.3) is 5.57 Å². The van der Waals surface area contributed by atoms with Gasteiger partial charge in [-0.3, -0.25) is 12.7 Å². The van der Waals surface area contributed by atoms with Crippen LogP contribution in [-0.2, 0) is 5.75 Å². The lowest BCUT2D eigenvalue weighted by molar-refractivity contribution is 0.0905. The zero-order valence-electron chi connectivity index (χ0n) is 26.1. The maximum Gasteiger partial charge on any atom is 0.262 e. The van der Waals surface area contributed by atoms with E-state index < -0.39 is 0 Å². The topological polar surface area (TPSA) is 57.6 Å². The first-order chi connectivity index (χ1) is 20.6. The van der Waals surface area contributed by atoms with E-state index in [0.29, 0.717) is 0 Å². The number of rotatable bonds is 8. The number of benzene rings is 4. The Morgan fingerprint density at radius 3 is 1.95 bits per heavy atom. The maximum atomic E-state index is 11.6. The first-order valence-electron chi connectivity index (χ1n) is 14.4. The molecule has 4 aromatic rings. The number of hydrogen-bond acceptors (Lipinski definition) is 4. The minimum Gasteiger partial charge on any atom is -0.508 e. The number of amides is 1. The number of phenols is 1. The van der Waals surface area contributed by atoms with Gasteiger partial charge in [0.1, 0.15) is 5.75 Å². The van der Waals surface area contributed by atoms with Gasteiger partial charge in [-0.15, -0.1) is 11.8 Å². The highest BCUT2D eigenvalue weighted by atomic mass is 127. The van der Waals surface area contributed by atoms with Crippen LogP contribution in [0, 0.1) is 6.92 Å². The molecule has 0 spiro atoms. The molecule has 0 saturated heterocycles. The van der Waals surface area contributed by atoms with Gasteiger partial charge >= 0.3 is 0 Å². The fourth-order valence-electron chi connectivity index (χ4n) is 4.23. The van der Waals surface area contributed by atoms with E-state index in [4.69, 9.17) is 0 Å². The number of thioether (sulfide) groups is 1. The summed E-state index contributed by atoms with van der Waals surface area (Å²) in [6, 6.07) is 31.1. The number of aromatic hydroxyl groups is 1. The van der Waals surface area contributed by atoms with Crippen LogP contribution in [0.4, 0.5) is 0 Å². The molecule has 1 N–H and O–H groups in total. The van der Waals surface area contributed by atoms with E-state index in [9.17, 15) is 14.7 Å². The van der Waals surface area contributed by atoms with Crippen molar-refractivity contribution in [2.24, 2.45) is 0 Å². The van der Waals surface area contributed by atoms with E-state index >= 15 is 0 Å². The Hall–Kier alpha value is -3.36. The predicted molar refractivity (Wildman–Crippen MR) is 191 cm³/mol. The van der Waals surface area contributed by atoms with E-state index in [2.05, 4.69) is 51.1 Å². The van der Waals surface area contributed by atoms with Gasteiger partial charge in [0.25, 0.3) is 5.91 Å². The van der Waals surface area contributed by atoms with Gasteiger partial charge in [-0.1, -0.05) is 87.0 Å². The van der Waals surface area contributed by atoms with E-state index in [0.717, 1.165) is 34.4 Å². The lowest BCUT2D eigenvalue weighted by Crippen LogP contribution is -2.15. The Kier molecular flexibility index (Phi) is 15.3. The SMILES string of the molecule is CC.CC/C(C)=C(\c1ccc(O)cc1)c1ccccc1SCc1ccc(C(C)=O)cc1C.CN(I)C(=O)c1ccccc1. The maximum absolute atomic E-state index is 11.6. The Balaban J connectivity index is 0.000000415. The molecular formula is C37H42INO3S. The molecule has 0 radical (unpaired) electrons. The van der Waals surface area contributed by atoms with Gasteiger partial charge in [-0.05, 0) is 91.4 Å². The molecule has 0 aliphatic carbocycles. The molecule has 0 atom stereocenters. The normalized spacial score (nSPS) is 10.8. The van der Waals surface area contributed by atoms with Crippen molar-refractivity contribution < 1.29 is 14.7 Å². The lowest BCUT2D eigenvalue weighted by atomic mass is 9.92. The van der Waals surface area contributed by atoms with Crippen molar-refractivity contribution in [3.8, 4) is 5.75 Å². The number of aryl methyl sites for hydroxylation is 1. The summed E-state index contributed by atoms with van der Waals surface area (Å²) in [7, 11) is 1.73. The standard InChI is InChI=1S/C27H28O2S.C8H8INO.C2H6/c1-5-18(2)27(21-12-14-24(29)15-13-21)25-8-6-7-9-26(25)30-17-23-11-10-22(20(4)28)16-19(23)3;1-10(9)8(11)7-5-3-2-4-6-7;1-2/h6-16,29H,5,17H2,1-4H3;2-6H,1H3;1-2H3/b27-18+;;. The van der Waals surface area contributed by atoms with Gasteiger partial charge in [0.05, 0.1) is 22.9 Å². The zero-order chi connectivity index (χ0) is 31.9. The molecule has 0 fully saturated rings. The number of nitrogens with zero attached hydrogens (tertiary/aromatic N) is 1. The van der Waals surface area contributed by atoms with Crippen LogP contribution < -0.4 is 0 Å². The van der Waals surface area contributed by atoms with Crippen LogP contribution in [-0.4, -0.2) is 27.0 Å². The molecule has 4 aromatic carbocycles. The second-order valence-electron chi connectivity index (χ2n) is 9.69. The highest BCUT2D eigenvalue weighted by Gasteiger charge is 2.14. The summed E-state index contributed by atoms with van der Waals surface area (Å²) in [6.45, 7) is 12.0. The second-order valence-corrected chi connectivity index (χ2v) is 12.2. The third-order valence-corrected chi connectivity index (χ3v) is 8.26. The Morgan fingerprint density at radius 2 is 1.40 bits per heavy atom. The summed E-state index contributed by atoms with van der Waals surface area (Å²) in [5, 5.41) is 9.71. The van der Waals surface area contributed by atoms with Crippen molar-refractivity contribution in [3.63, 3.8) is 0 Å². The van der Waals surface area contributed by atoms with Crippen LogP contribution in [0.2, 0.25) is 0 Å². The molecule has 0 aliphatic heterocycles. The van der Waals surface area contributed by atoms with Crippen molar-refractivity contribution in [2.75, 3.05) is 7.05 Å². The molecule has 43 heavy (non-hydrogen) atoms. The molecule has 0 saturated carbocycles. The second kappa shape index (κ2) is 18.3. The van der Waals surface area contributed by atoms with Crippen molar-refractivity contribution >= 4 is 51.9 Å². The average molecular weight is 708 g/mol. The van der Waals surface area contributed by atoms with Crippen LogP contribution >= 0.6 is 34.6 Å². The Labute approximate surface area is 275 Å².